The highest BCUT2D eigenvalue weighted by Crippen LogP contribution is 2.11. The van der Waals surface area contributed by atoms with Crippen molar-refractivity contribution in [2.24, 2.45) is 5.73 Å². The lowest BCUT2D eigenvalue weighted by molar-refractivity contribution is -0.142. The largest absolute Gasteiger partial charge is 0.508 e. The van der Waals surface area contributed by atoms with Crippen LogP contribution in [0.1, 0.15) is 31.4 Å². The number of rotatable bonds is 16. The van der Waals surface area contributed by atoms with Crippen molar-refractivity contribution in [1.29, 1.82) is 0 Å². The van der Waals surface area contributed by atoms with Gasteiger partial charge in [-0.1, -0.05) is 42.5 Å². The summed E-state index contributed by atoms with van der Waals surface area (Å²) < 4.78 is 0. The van der Waals surface area contributed by atoms with Crippen molar-refractivity contribution in [3.63, 3.8) is 0 Å². The molecule has 0 bridgehead atoms. The third kappa shape index (κ3) is 11.4. The van der Waals surface area contributed by atoms with E-state index in [0.29, 0.717) is 5.75 Å². The number of phenols is 1. The van der Waals surface area contributed by atoms with Gasteiger partial charge in [0.2, 0.25) is 23.6 Å². The van der Waals surface area contributed by atoms with Crippen molar-refractivity contribution in [2.45, 2.75) is 63.3 Å². The Morgan fingerprint density at radius 2 is 1.26 bits per heavy atom. The van der Waals surface area contributed by atoms with Crippen LogP contribution in [0.3, 0.4) is 0 Å². The maximum atomic E-state index is 13.1. The average Bonchev–Trinajstić information content (AvgIpc) is 2.96. The van der Waals surface area contributed by atoms with Gasteiger partial charge < -0.3 is 37.2 Å². The number of carboxylic acid groups (broad SMARTS) is 1. The van der Waals surface area contributed by atoms with Crippen molar-refractivity contribution >= 4 is 41.4 Å². The molecule has 2 aromatic rings. The number of carbonyl (C=O) groups is 5. The van der Waals surface area contributed by atoms with Gasteiger partial charge in [-0.05, 0) is 62.0 Å². The van der Waals surface area contributed by atoms with E-state index < -0.39 is 59.8 Å². The SMILES string of the molecule is CSCC[C@H](NC(=O)[C@H](Cc1ccccc1)NC(=O)[C@H](C)NC(=O)[C@@H](C)NC(=O)[C@H](N)Cc1ccc(O)cc1)C(=O)O. The number of aliphatic carboxylic acids is 1. The van der Waals surface area contributed by atoms with E-state index in [1.165, 1.54) is 37.7 Å². The normalized spacial score (nSPS) is 14.4. The number of nitrogens with two attached hydrogens (primary N) is 1. The van der Waals surface area contributed by atoms with E-state index >= 15 is 0 Å². The first kappa shape index (κ1) is 34.1. The van der Waals surface area contributed by atoms with E-state index in [2.05, 4.69) is 21.3 Å². The lowest BCUT2D eigenvalue weighted by Gasteiger charge is -2.24. The minimum absolute atomic E-state index is 0.0860. The zero-order valence-corrected chi connectivity index (χ0v) is 24.6. The Labute approximate surface area is 249 Å². The van der Waals surface area contributed by atoms with Gasteiger partial charge in [0.25, 0.3) is 0 Å². The van der Waals surface area contributed by atoms with Crippen molar-refractivity contribution in [3.8, 4) is 5.75 Å². The monoisotopic (exact) mass is 601 g/mol. The van der Waals surface area contributed by atoms with Crippen LogP contribution >= 0.6 is 11.8 Å². The molecular formula is C29H39N5O7S. The molecule has 0 fully saturated rings. The molecule has 0 unspecified atom stereocenters. The number of nitrogens with one attached hydrogen (secondary N) is 4. The zero-order chi connectivity index (χ0) is 31.2. The zero-order valence-electron chi connectivity index (χ0n) is 23.8. The Morgan fingerprint density at radius 1 is 0.738 bits per heavy atom. The fourth-order valence-electron chi connectivity index (χ4n) is 3.89. The molecule has 0 aromatic heterocycles. The standard InChI is InChI=1S/C29H39N5O7S/c1-17(32-27(38)22(30)15-20-9-11-21(35)12-10-20)25(36)31-18(2)26(37)34-24(16-19-7-5-4-6-8-19)28(39)33-23(29(40)41)13-14-42-3/h4-12,17-18,22-24,35H,13-16,30H2,1-3H3,(H,31,36)(H,32,38)(H,33,39)(H,34,37)(H,40,41)/t17-,18+,22-,23+,24+/m1/s1. The Balaban J connectivity index is 1.99. The van der Waals surface area contributed by atoms with E-state index in [1.807, 2.05) is 6.26 Å². The summed E-state index contributed by atoms with van der Waals surface area (Å²) in [6.07, 6.45) is 2.32. The fourth-order valence-corrected chi connectivity index (χ4v) is 4.36. The molecule has 0 aliphatic rings. The highest BCUT2D eigenvalue weighted by Gasteiger charge is 2.29. The maximum Gasteiger partial charge on any atom is 0.326 e. The molecule has 0 saturated carbocycles. The van der Waals surface area contributed by atoms with Crippen LogP contribution in [0.5, 0.6) is 5.75 Å². The molecule has 0 heterocycles. The lowest BCUT2D eigenvalue weighted by atomic mass is 10.0. The molecule has 0 aliphatic heterocycles. The van der Waals surface area contributed by atoms with Gasteiger partial charge in [-0.25, -0.2) is 4.79 Å². The number of carbonyl (C=O) groups excluding carboxylic acids is 4. The van der Waals surface area contributed by atoms with Crippen LogP contribution in [0.2, 0.25) is 0 Å². The maximum absolute atomic E-state index is 13.1. The fraction of sp³-hybridized carbons (Fsp3) is 0.414. The minimum atomic E-state index is -1.18. The number of hydrogen-bond donors (Lipinski definition) is 7. The van der Waals surface area contributed by atoms with E-state index in [1.54, 1.807) is 42.5 Å². The van der Waals surface area contributed by atoms with Gasteiger partial charge in [0.15, 0.2) is 0 Å². The van der Waals surface area contributed by atoms with Crippen LogP contribution in [-0.2, 0) is 36.8 Å². The molecule has 0 saturated heterocycles. The third-order valence-corrected chi connectivity index (χ3v) is 7.02. The summed E-state index contributed by atoms with van der Waals surface area (Å²) in [6, 6.07) is 9.85. The second kappa shape index (κ2) is 17.0. The van der Waals surface area contributed by atoms with Gasteiger partial charge in [0.1, 0.15) is 29.9 Å². The summed E-state index contributed by atoms with van der Waals surface area (Å²) in [7, 11) is 0. The Bertz CT molecular complexity index is 1210. The number of thioether (sulfide) groups is 1. The van der Waals surface area contributed by atoms with Gasteiger partial charge in [0.05, 0.1) is 6.04 Å². The number of aromatic hydroxyl groups is 1. The molecule has 0 radical (unpaired) electrons. The summed E-state index contributed by atoms with van der Waals surface area (Å²) in [6.45, 7) is 2.87. The summed E-state index contributed by atoms with van der Waals surface area (Å²) in [5.41, 5.74) is 7.43. The molecule has 12 nitrogen and oxygen atoms in total. The smallest absolute Gasteiger partial charge is 0.326 e. The van der Waals surface area contributed by atoms with Gasteiger partial charge in [-0.3, -0.25) is 19.2 Å². The summed E-state index contributed by atoms with van der Waals surface area (Å²) >= 11 is 1.45. The second-order valence-corrected chi connectivity index (χ2v) is 10.9. The number of benzene rings is 2. The number of carboxylic acids is 1. The van der Waals surface area contributed by atoms with E-state index in [4.69, 9.17) is 5.73 Å². The Kier molecular flexibility index (Phi) is 13.8. The molecule has 228 valence electrons. The topological polar surface area (TPSA) is 200 Å². The summed E-state index contributed by atoms with van der Waals surface area (Å²) in [5, 5.41) is 29.0. The second-order valence-electron chi connectivity index (χ2n) is 9.87. The number of phenolic OH excluding ortho intramolecular Hbond substituents is 1. The van der Waals surface area contributed by atoms with Crippen molar-refractivity contribution in [1.82, 2.24) is 21.3 Å². The van der Waals surface area contributed by atoms with Gasteiger partial charge >= 0.3 is 5.97 Å². The van der Waals surface area contributed by atoms with Crippen molar-refractivity contribution in [2.75, 3.05) is 12.0 Å². The van der Waals surface area contributed by atoms with E-state index in [0.717, 1.165) is 11.1 Å². The van der Waals surface area contributed by atoms with Gasteiger partial charge in [0, 0.05) is 6.42 Å². The first-order valence-electron chi connectivity index (χ1n) is 13.4. The molecule has 5 atom stereocenters. The van der Waals surface area contributed by atoms with Crippen LogP contribution in [0.4, 0.5) is 0 Å². The molecule has 0 aliphatic carbocycles. The summed E-state index contributed by atoms with van der Waals surface area (Å²) in [4.78, 5) is 63.0. The predicted octanol–water partition coefficient (Wildman–Crippen LogP) is 0.321. The van der Waals surface area contributed by atoms with Crippen LogP contribution < -0.4 is 27.0 Å². The highest BCUT2D eigenvalue weighted by molar-refractivity contribution is 7.98. The first-order valence-corrected chi connectivity index (χ1v) is 14.8. The van der Waals surface area contributed by atoms with Crippen molar-refractivity contribution in [3.05, 3.63) is 65.7 Å². The Morgan fingerprint density at radius 3 is 1.83 bits per heavy atom. The van der Waals surface area contributed by atoms with Crippen LogP contribution in [-0.4, -0.2) is 82.0 Å². The first-order chi connectivity index (χ1) is 19.9. The molecule has 42 heavy (non-hydrogen) atoms. The third-order valence-electron chi connectivity index (χ3n) is 6.37. The van der Waals surface area contributed by atoms with Gasteiger partial charge in [-0.2, -0.15) is 11.8 Å². The van der Waals surface area contributed by atoms with E-state index in [9.17, 15) is 34.2 Å². The number of amides is 4. The van der Waals surface area contributed by atoms with Gasteiger partial charge in [-0.15, -0.1) is 0 Å². The molecule has 0 spiro atoms. The average molecular weight is 602 g/mol. The van der Waals surface area contributed by atoms with Crippen molar-refractivity contribution < 1.29 is 34.2 Å². The van der Waals surface area contributed by atoms with E-state index in [-0.39, 0.29) is 25.0 Å². The highest BCUT2D eigenvalue weighted by atomic mass is 32.2. The summed E-state index contributed by atoms with van der Waals surface area (Å²) in [5.74, 6) is -3.12. The predicted molar refractivity (Wildman–Crippen MR) is 160 cm³/mol. The molecular weight excluding hydrogens is 562 g/mol. The minimum Gasteiger partial charge on any atom is -0.508 e. The molecule has 13 heteroatoms. The van der Waals surface area contributed by atoms with Crippen LogP contribution in [0.15, 0.2) is 54.6 Å². The molecule has 8 N–H and O–H groups in total. The quantitative estimate of drug-likeness (QED) is 0.142. The Hall–Kier alpha value is -4.10. The van der Waals surface area contributed by atoms with Crippen LogP contribution in [0.25, 0.3) is 0 Å². The molecule has 2 aromatic carbocycles. The number of hydrogen-bond acceptors (Lipinski definition) is 8. The molecule has 4 amide bonds. The molecule has 2 rings (SSSR count). The lowest BCUT2D eigenvalue weighted by Crippen LogP contribution is -2.57. The van der Waals surface area contributed by atoms with Crippen LogP contribution in [0, 0.1) is 0 Å².